The normalized spacial score (nSPS) is 17.1. The van der Waals surface area contributed by atoms with Crippen LogP contribution in [0.5, 0.6) is 0 Å². The maximum atomic E-state index is 12.1. The molecule has 0 atom stereocenters. The minimum Gasteiger partial charge on any atom is -0.383 e. The molecule has 1 aromatic carbocycles. The number of halogens is 1. The van der Waals surface area contributed by atoms with Crippen LogP contribution in [0.4, 0.5) is 5.69 Å². The zero-order chi connectivity index (χ0) is 17.8. The van der Waals surface area contributed by atoms with Crippen molar-refractivity contribution in [1.29, 1.82) is 0 Å². The molecule has 0 aromatic heterocycles. The maximum Gasteiger partial charge on any atom is 0.242 e. The Kier molecular flexibility index (Phi) is 2.88. The number of rotatable bonds is 5. The Hall–Kier alpha value is -1.06. The van der Waals surface area contributed by atoms with Gasteiger partial charge in [-0.25, -0.2) is 0 Å². The Labute approximate surface area is 116 Å². The van der Waals surface area contributed by atoms with E-state index in [1.54, 1.807) is 0 Å². The van der Waals surface area contributed by atoms with E-state index in [0.29, 0.717) is 0 Å². The SMILES string of the molecule is [2H]C([2H])([2H])c1cccc(C([2H])([2H])[2H])c1N(CCOC)C(=O)CCl. The van der Waals surface area contributed by atoms with Gasteiger partial charge in [-0.2, -0.15) is 0 Å². The number of methoxy groups -OCH3 is 1. The number of nitrogens with zero attached hydrogens (tertiary/aromatic N) is 1. The second-order valence-electron chi connectivity index (χ2n) is 3.37. The number of anilines is 1. The molecule has 4 heteroatoms. The van der Waals surface area contributed by atoms with Crippen molar-refractivity contribution in [3.05, 3.63) is 29.3 Å². The first-order valence-corrected chi connectivity index (χ1v) is 5.56. The highest BCUT2D eigenvalue weighted by molar-refractivity contribution is 6.29. The van der Waals surface area contributed by atoms with Crippen molar-refractivity contribution in [1.82, 2.24) is 0 Å². The van der Waals surface area contributed by atoms with Crippen LogP contribution >= 0.6 is 11.6 Å². The number of amides is 1. The standard InChI is InChI=1S/C13H18ClNO2/c1-10-5-4-6-11(2)13(10)15(7-8-17-3)12(16)9-14/h4-6H,7-9H2,1-3H3/i1D3,2D3. The average Bonchev–Trinajstić information content (AvgIpc) is 2.45. The summed E-state index contributed by atoms with van der Waals surface area (Å²) >= 11 is 5.60. The van der Waals surface area contributed by atoms with Gasteiger partial charge in [-0.15, -0.1) is 11.6 Å². The summed E-state index contributed by atoms with van der Waals surface area (Å²) in [6.45, 7) is -5.04. The Bertz CT molecular complexity index is 526. The molecule has 0 bridgehead atoms. The van der Waals surface area contributed by atoms with E-state index in [1.165, 1.54) is 25.3 Å². The summed E-state index contributed by atoms with van der Waals surface area (Å²) < 4.78 is 50.7. The van der Waals surface area contributed by atoms with Crippen LogP contribution in [0, 0.1) is 13.7 Å². The molecule has 0 heterocycles. The molecule has 0 saturated heterocycles. The van der Waals surface area contributed by atoms with E-state index in [4.69, 9.17) is 24.6 Å². The summed E-state index contributed by atoms with van der Waals surface area (Å²) in [6, 6.07) is 3.93. The number of alkyl halides is 1. The number of ether oxygens (including phenoxy) is 1. The number of hydrogen-bond donors (Lipinski definition) is 0. The third-order valence-corrected chi connectivity index (χ3v) is 2.47. The van der Waals surface area contributed by atoms with Gasteiger partial charge in [0.15, 0.2) is 0 Å². The number of carbonyl (C=O) groups excluding carboxylic acids is 1. The fourth-order valence-electron chi connectivity index (χ4n) is 1.45. The summed E-state index contributed by atoms with van der Waals surface area (Å²) in [7, 11) is 1.42. The van der Waals surface area contributed by atoms with Gasteiger partial charge in [0.1, 0.15) is 5.88 Å². The number of carbonyl (C=O) groups is 1. The van der Waals surface area contributed by atoms with E-state index >= 15 is 0 Å². The van der Waals surface area contributed by atoms with Crippen LogP contribution in [-0.2, 0) is 9.53 Å². The molecule has 0 N–H and O–H groups in total. The van der Waals surface area contributed by atoms with Crippen LogP contribution in [0.1, 0.15) is 19.4 Å². The molecule has 1 aromatic rings. The zero-order valence-corrected chi connectivity index (χ0v) is 10.3. The Morgan fingerprint density at radius 3 is 2.59 bits per heavy atom. The lowest BCUT2D eigenvalue weighted by molar-refractivity contribution is -0.116. The molecule has 0 fully saturated rings. The first-order chi connectivity index (χ1) is 10.5. The van der Waals surface area contributed by atoms with E-state index in [-0.39, 0.29) is 30.0 Å². The van der Waals surface area contributed by atoms with Crippen molar-refractivity contribution in [3.8, 4) is 0 Å². The molecule has 3 nitrogen and oxygen atoms in total. The largest absolute Gasteiger partial charge is 0.383 e. The zero-order valence-electron chi connectivity index (χ0n) is 15.5. The molecule has 0 radical (unpaired) electrons. The first kappa shape index (κ1) is 7.39. The number of benzene rings is 1. The quantitative estimate of drug-likeness (QED) is 0.763. The van der Waals surface area contributed by atoms with Crippen LogP contribution in [0.2, 0.25) is 0 Å². The molecule has 1 amide bonds. The van der Waals surface area contributed by atoms with Gasteiger partial charge in [-0.3, -0.25) is 4.79 Å². The predicted octanol–water partition coefficient (Wildman–Crippen LogP) is 2.52. The highest BCUT2D eigenvalue weighted by atomic mass is 35.5. The van der Waals surface area contributed by atoms with Crippen molar-refractivity contribution in [2.45, 2.75) is 13.7 Å². The second-order valence-corrected chi connectivity index (χ2v) is 3.64. The lowest BCUT2D eigenvalue weighted by Gasteiger charge is -2.25. The molecule has 1 rings (SSSR count). The van der Waals surface area contributed by atoms with Crippen molar-refractivity contribution >= 4 is 23.2 Å². The van der Waals surface area contributed by atoms with E-state index in [9.17, 15) is 4.79 Å². The van der Waals surface area contributed by atoms with Crippen molar-refractivity contribution in [2.24, 2.45) is 0 Å². The van der Waals surface area contributed by atoms with E-state index in [1.807, 2.05) is 0 Å². The number of para-hydroxylation sites is 1. The van der Waals surface area contributed by atoms with E-state index < -0.39 is 25.5 Å². The van der Waals surface area contributed by atoms with Crippen LogP contribution in [0.3, 0.4) is 0 Å². The third-order valence-electron chi connectivity index (χ3n) is 2.24. The van der Waals surface area contributed by atoms with Gasteiger partial charge in [0.2, 0.25) is 5.91 Å². The number of aryl methyl sites for hydroxylation is 2. The highest BCUT2D eigenvalue weighted by Gasteiger charge is 2.17. The monoisotopic (exact) mass is 261 g/mol. The van der Waals surface area contributed by atoms with Crippen LogP contribution < -0.4 is 4.90 Å². The fourth-order valence-corrected chi connectivity index (χ4v) is 1.59. The second kappa shape index (κ2) is 6.62. The summed E-state index contributed by atoms with van der Waals surface area (Å²) in [5, 5.41) is 0. The van der Waals surface area contributed by atoms with Crippen LogP contribution in [0.25, 0.3) is 0 Å². The predicted molar refractivity (Wildman–Crippen MR) is 70.9 cm³/mol. The number of hydrogen-bond acceptors (Lipinski definition) is 2. The van der Waals surface area contributed by atoms with Crippen molar-refractivity contribution in [3.63, 3.8) is 0 Å². The minimum atomic E-state index is -2.57. The lowest BCUT2D eigenvalue weighted by Crippen LogP contribution is -2.35. The van der Waals surface area contributed by atoms with Crippen LogP contribution in [0.15, 0.2) is 18.2 Å². The Morgan fingerprint density at radius 1 is 1.47 bits per heavy atom. The Balaban J connectivity index is 3.63. The van der Waals surface area contributed by atoms with Crippen LogP contribution in [-0.4, -0.2) is 32.0 Å². The van der Waals surface area contributed by atoms with Gasteiger partial charge in [-0.1, -0.05) is 18.2 Å². The summed E-state index contributed by atoms with van der Waals surface area (Å²) in [5.41, 5.74) is -0.559. The van der Waals surface area contributed by atoms with Gasteiger partial charge >= 0.3 is 0 Å². The molecule has 0 aliphatic heterocycles. The maximum absolute atomic E-state index is 12.1. The van der Waals surface area contributed by atoms with Gasteiger partial charge in [0.05, 0.1) is 6.61 Å². The van der Waals surface area contributed by atoms with Crippen molar-refractivity contribution in [2.75, 3.05) is 31.0 Å². The Morgan fingerprint density at radius 2 is 2.12 bits per heavy atom. The van der Waals surface area contributed by atoms with Gasteiger partial charge < -0.3 is 9.64 Å². The smallest absolute Gasteiger partial charge is 0.242 e. The average molecular weight is 262 g/mol. The molecule has 0 aliphatic carbocycles. The third kappa shape index (κ3) is 3.45. The molecular weight excluding hydrogens is 238 g/mol. The molecule has 17 heavy (non-hydrogen) atoms. The topological polar surface area (TPSA) is 29.5 Å². The molecular formula is C13H18ClNO2. The van der Waals surface area contributed by atoms with Crippen molar-refractivity contribution < 1.29 is 17.8 Å². The molecule has 94 valence electrons. The fraction of sp³-hybridized carbons (Fsp3) is 0.462. The molecule has 0 saturated carbocycles. The minimum absolute atomic E-state index is 0.00176. The first-order valence-electron chi connectivity index (χ1n) is 8.03. The van der Waals surface area contributed by atoms with E-state index in [2.05, 4.69) is 0 Å². The van der Waals surface area contributed by atoms with Gasteiger partial charge in [0.25, 0.3) is 0 Å². The van der Waals surface area contributed by atoms with Gasteiger partial charge in [-0.05, 0) is 24.8 Å². The molecule has 0 spiro atoms. The summed E-state index contributed by atoms with van der Waals surface area (Å²) in [5.74, 6) is -0.995. The summed E-state index contributed by atoms with van der Waals surface area (Å²) in [4.78, 5) is 13.2. The summed E-state index contributed by atoms with van der Waals surface area (Å²) in [6.07, 6.45) is 0. The molecule has 0 aliphatic rings. The lowest BCUT2D eigenvalue weighted by atomic mass is 10.1. The van der Waals surface area contributed by atoms with E-state index in [0.717, 1.165) is 4.90 Å². The highest BCUT2D eigenvalue weighted by Crippen LogP contribution is 2.24. The molecule has 0 unspecified atom stereocenters. The van der Waals surface area contributed by atoms with Gasteiger partial charge in [0, 0.05) is 27.6 Å².